The lowest BCUT2D eigenvalue weighted by molar-refractivity contribution is 0.390. The zero-order valence-electron chi connectivity index (χ0n) is 13.1. The molecule has 0 aromatic heterocycles. The van der Waals surface area contributed by atoms with E-state index in [-0.39, 0.29) is 11.2 Å². The lowest BCUT2D eigenvalue weighted by atomic mass is 9.71. The fraction of sp³-hybridized carbons (Fsp3) is 0.588. The molecule has 0 saturated heterocycles. The summed E-state index contributed by atoms with van der Waals surface area (Å²) >= 11 is 0. The maximum Gasteiger partial charge on any atom is 0.211 e. The van der Waals surface area contributed by atoms with Crippen LogP contribution in [0.3, 0.4) is 0 Å². The molecular weight excluding hydrogens is 296 g/mol. The molecule has 0 fully saturated rings. The third kappa shape index (κ3) is 4.31. The zero-order chi connectivity index (χ0) is 16.1. The van der Waals surface area contributed by atoms with Gasteiger partial charge in [-0.1, -0.05) is 31.2 Å². The summed E-state index contributed by atoms with van der Waals surface area (Å²) in [5.74, 6) is 0.104. The number of nitrogens with zero attached hydrogens (tertiary/aromatic N) is 1. The van der Waals surface area contributed by atoms with E-state index in [0.717, 1.165) is 19.3 Å². The van der Waals surface area contributed by atoms with Crippen molar-refractivity contribution in [2.75, 3.05) is 12.3 Å². The van der Waals surface area contributed by atoms with E-state index in [2.05, 4.69) is 23.8 Å². The molecule has 1 aliphatic rings. The predicted molar refractivity (Wildman–Crippen MR) is 88.0 cm³/mol. The monoisotopic (exact) mass is 320 g/mol. The first-order chi connectivity index (χ1) is 10.5. The van der Waals surface area contributed by atoms with E-state index in [1.54, 1.807) is 0 Å². The van der Waals surface area contributed by atoms with Crippen LogP contribution in [-0.4, -0.2) is 20.7 Å². The number of hydrogen-bond donors (Lipinski definition) is 1. The molecule has 0 heterocycles. The second-order valence-corrected chi connectivity index (χ2v) is 8.25. The lowest BCUT2D eigenvalue weighted by Crippen LogP contribution is -2.41. The second-order valence-electron chi connectivity index (χ2n) is 6.33. The minimum Gasteiger partial charge on any atom is -0.214 e. The lowest BCUT2D eigenvalue weighted by Gasteiger charge is -2.36. The Kier molecular flexibility index (Phi) is 5.60. The first kappa shape index (κ1) is 17.0. The quantitative estimate of drug-likeness (QED) is 0.785. The van der Waals surface area contributed by atoms with Crippen LogP contribution in [0.5, 0.6) is 0 Å². The largest absolute Gasteiger partial charge is 0.214 e. The first-order valence-corrected chi connectivity index (χ1v) is 9.55. The summed E-state index contributed by atoms with van der Waals surface area (Å²) < 4.78 is 27.0. The van der Waals surface area contributed by atoms with Gasteiger partial charge in [0.1, 0.15) is 0 Å². The number of nitriles is 1. The van der Waals surface area contributed by atoms with E-state index >= 15 is 0 Å². The highest BCUT2D eigenvalue weighted by Crippen LogP contribution is 2.36. The van der Waals surface area contributed by atoms with Gasteiger partial charge in [0.25, 0.3) is 0 Å². The fourth-order valence-corrected chi connectivity index (χ4v) is 4.42. The summed E-state index contributed by atoms with van der Waals surface area (Å²) in [4.78, 5) is 0. The number of sulfonamides is 1. The molecule has 1 N–H and O–H groups in total. The molecule has 0 aliphatic heterocycles. The van der Waals surface area contributed by atoms with Crippen LogP contribution in [0.25, 0.3) is 0 Å². The zero-order valence-corrected chi connectivity index (χ0v) is 14.0. The van der Waals surface area contributed by atoms with Crippen molar-refractivity contribution in [1.82, 2.24) is 4.72 Å². The molecule has 1 aliphatic carbocycles. The maximum absolute atomic E-state index is 12.1. The molecular formula is C17H24N2O2S. The van der Waals surface area contributed by atoms with Gasteiger partial charge in [0, 0.05) is 18.4 Å². The molecule has 0 saturated carbocycles. The number of nitrogens with one attached hydrogen (secondary N) is 1. The van der Waals surface area contributed by atoms with E-state index in [9.17, 15) is 8.42 Å². The van der Waals surface area contributed by atoms with Gasteiger partial charge in [-0.3, -0.25) is 0 Å². The van der Waals surface area contributed by atoms with E-state index < -0.39 is 10.0 Å². The molecule has 0 bridgehead atoms. The van der Waals surface area contributed by atoms with Gasteiger partial charge in [0.2, 0.25) is 10.0 Å². The van der Waals surface area contributed by atoms with Crippen molar-refractivity contribution in [3.63, 3.8) is 0 Å². The fourth-order valence-electron chi connectivity index (χ4n) is 3.15. The van der Waals surface area contributed by atoms with Crippen LogP contribution < -0.4 is 4.72 Å². The van der Waals surface area contributed by atoms with E-state index in [0.29, 0.717) is 25.8 Å². The average Bonchev–Trinajstić information content (AvgIpc) is 2.51. The number of hydrogen-bond acceptors (Lipinski definition) is 3. The molecule has 0 spiro atoms. The number of fused-ring (bicyclic) bond motifs is 1. The van der Waals surface area contributed by atoms with Crippen LogP contribution in [0.1, 0.15) is 50.2 Å². The summed E-state index contributed by atoms with van der Waals surface area (Å²) in [6.07, 6.45) is 4.76. The Morgan fingerprint density at radius 2 is 2.09 bits per heavy atom. The predicted octanol–water partition coefficient (Wildman–Crippen LogP) is 2.89. The van der Waals surface area contributed by atoms with Gasteiger partial charge in [-0.05, 0) is 43.2 Å². The topological polar surface area (TPSA) is 70.0 Å². The van der Waals surface area contributed by atoms with Crippen LogP contribution in [0.4, 0.5) is 0 Å². The van der Waals surface area contributed by atoms with Gasteiger partial charge in [-0.25, -0.2) is 13.1 Å². The molecule has 120 valence electrons. The second kappa shape index (κ2) is 7.26. The van der Waals surface area contributed by atoms with Gasteiger partial charge in [-0.2, -0.15) is 5.26 Å². The number of aryl methyl sites for hydroxylation is 1. The van der Waals surface area contributed by atoms with Crippen molar-refractivity contribution < 1.29 is 8.42 Å². The van der Waals surface area contributed by atoms with Gasteiger partial charge in [-0.15, -0.1) is 0 Å². The van der Waals surface area contributed by atoms with Gasteiger partial charge in [0.15, 0.2) is 0 Å². The molecule has 0 radical (unpaired) electrons. The molecule has 1 atom stereocenters. The Hall–Kier alpha value is -1.38. The van der Waals surface area contributed by atoms with Crippen LogP contribution in [-0.2, 0) is 21.9 Å². The van der Waals surface area contributed by atoms with Crippen LogP contribution in [0, 0.1) is 11.3 Å². The van der Waals surface area contributed by atoms with Crippen LogP contribution in [0.2, 0.25) is 0 Å². The first-order valence-electron chi connectivity index (χ1n) is 7.89. The Labute approximate surface area is 133 Å². The van der Waals surface area contributed by atoms with Crippen molar-refractivity contribution in [2.24, 2.45) is 0 Å². The Morgan fingerprint density at radius 1 is 1.32 bits per heavy atom. The van der Waals surface area contributed by atoms with Crippen molar-refractivity contribution in [2.45, 2.75) is 50.9 Å². The van der Waals surface area contributed by atoms with Gasteiger partial charge < -0.3 is 0 Å². The van der Waals surface area contributed by atoms with Crippen LogP contribution in [0.15, 0.2) is 24.3 Å². The molecule has 5 heteroatoms. The number of rotatable bonds is 7. The van der Waals surface area contributed by atoms with Crippen molar-refractivity contribution >= 4 is 10.0 Å². The summed E-state index contributed by atoms with van der Waals surface area (Å²) in [5, 5.41) is 8.48. The molecule has 4 nitrogen and oxygen atoms in total. The molecule has 0 amide bonds. The van der Waals surface area contributed by atoms with Crippen molar-refractivity contribution in [1.29, 1.82) is 5.26 Å². The van der Waals surface area contributed by atoms with Gasteiger partial charge in [0.05, 0.1) is 11.8 Å². The standard InChI is InChI=1S/C17H24N2O2S/c1-17(11-7-9-15-8-3-4-10-16(15)17)14-19-22(20,21)13-6-2-5-12-18/h3-4,8,10,19H,2,5-7,9,11,13-14H2,1H3. The smallest absolute Gasteiger partial charge is 0.211 e. The average molecular weight is 320 g/mol. The number of benzene rings is 1. The van der Waals surface area contributed by atoms with Gasteiger partial charge >= 0.3 is 0 Å². The molecule has 22 heavy (non-hydrogen) atoms. The Balaban J connectivity index is 1.98. The highest BCUT2D eigenvalue weighted by atomic mass is 32.2. The third-order valence-electron chi connectivity index (χ3n) is 4.48. The van der Waals surface area contributed by atoms with E-state index in [1.807, 2.05) is 18.2 Å². The maximum atomic E-state index is 12.1. The normalized spacial score (nSPS) is 21.1. The highest BCUT2D eigenvalue weighted by molar-refractivity contribution is 7.89. The summed E-state index contributed by atoms with van der Waals surface area (Å²) in [5.41, 5.74) is 2.48. The minimum absolute atomic E-state index is 0.104. The van der Waals surface area contributed by atoms with Crippen molar-refractivity contribution in [3.8, 4) is 6.07 Å². The molecule has 2 rings (SSSR count). The Bertz CT molecular complexity index is 649. The highest BCUT2D eigenvalue weighted by Gasteiger charge is 2.32. The molecule has 1 aromatic rings. The summed E-state index contributed by atoms with van der Waals surface area (Å²) in [6.45, 7) is 2.59. The van der Waals surface area contributed by atoms with E-state index in [4.69, 9.17) is 5.26 Å². The van der Waals surface area contributed by atoms with E-state index in [1.165, 1.54) is 11.1 Å². The number of unbranched alkanes of at least 4 members (excludes halogenated alkanes) is 2. The van der Waals surface area contributed by atoms with Crippen LogP contribution >= 0.6 is 0 Å². The summed E-state index contributed by atoms with van der Waals surface area (Å²) in [6, 6.07) is 10.4. The molecule has 1 unspecified atom stereocenters. The van der Waals surface area contributed by atoms with Crippen molar-refractivity contribution in [3.05, 3.63) is 35.4 Å². The third-order valence-corrected chi connectivity index (χ3v) is 5.89. The summed E-state index contributed by atoms with van der Waals surface area (Å²) in [7, 11) is -3.26. The molecule has 1 aromatic carbocycles. The minimum atomic E-state index is -3.26. The Morgan fingerprint density at radius 3 is 2.86 bits per heavy atom. The SMILES string of the molecule is CC1(CNS(=O)(=O)CCCCC#N)CCCc2ccccc21.